The van der Waals surface area contributed by atoms with E-state index in [1.54, 1.807) is 0 Å². The monoisotopic (exact) mass is 317 g/mol. The molecule has 0 fully saturated rings. The quantitative estimate of drug-likeness (QED) is 0.798. The van der Waals surface area contributed by atoms with Crippen LogP contribution in [-0.2, 0) is 0 Å². The van der Waals surface area contributed by atoms with Gasteiger partial charge < -0.3 is 10.6 Å². The molecule has 0 aliphatic rings. The second-order valence-electron chi connectivity index (χ2n) is 5.17. The fourth-order valence-electron chi connectivity index (χ4n) is 2.40. The van der Waals surface area contributed by atoms with Crippen molar-refractivity contribution < 1.29 is 0 Å². The van der Waals surface area contributed by atoms with E-state index in [0.717, 1.165) is 31.6 Å². The van der Waals surface area contributed by atoms with E-state index in [1.807, 2.05) is 18.2 Å². The minimum Gasteiger partial charge on any atom is -0.329 e. The van der Waals surface area contributed by atoms with Gasteiger partial charge in [0.15, 0.2) is 0 Å². The van der Waals surface area contributed by atoms with Gasteiger partial charge in [0.1, 0.15) is 0 Å². The lowest BCUT2D eigenvalue weighted by Crippen LogP contribution is -2.35. The summed E-state index contributed by atoms with van der Waals surface area (Å²) in [5.74, 6) is 0. The zero-order valence-electron chi connectivity index (χ0n) is 12.6. The van der Waals surface area contributed by atoms with Gasteiger partial charge >= 0.3 is 0 Å². The zero-order valence-corrected chi connectivity index (χ0v) is 14.1. The molecular formula is C15H25Cl2N3. The van der Waals surface area contributed by atoms with Crippen LogP contribution in [0.2, 0.25) is 10.0 Å². The van der Waals surface area contributed by atoms with E-state index in [0.29, 0.717) is 16.6 Å². The van der Waals surface area contributed by atoms with Gasteiger partial charge in [-0.2, -0.15) is 0 Å². The van der Waals surface area contributed by atoms with Crippen molar-refractivity contribution >= 4 is 23.2 Å². The molecule has 0 amide bonds. The minimum absolute atomic E-state index is 0.0726. The highest BCUT2D eigenvalue weighted by Crippen LogP contribution is 2.33. The first-order chi connectivity index (χ1) is 9.51. The fraction of sp³-hybridized carbons (Fsp3) is 0.600. The van der Waals surface area contributed by atoms with Crippen molar-refractivity contribution in [2.45, 2.75) is 19.4 Å². The van der Waals surface area contributed by atoms with Crippen LogP contribution in [0.25, 0.3) is 0 Å². The molecule has 1 atom stereocenters. The Morgan fingerprint density at radius 3 is 2.20 bits per heavy atom. The van der Waals surface area contributed by atoms with Crippen molar-refractivity contribution in [2.24, 2.45) is 5.73 Å². The maximum Gasteiger partial charge on any atom is 0.0499 e. The van der Waals surface area contributed by atoms with Crippen LogP contribution in [0.15, 0.2) is 18.2 Å². The molecule has 0 bridgehead atoms. The molecule has 3 nitrogen and oxygen atoms in total. The third-order valence-corrected chi connectivity index (χ3v) is 4.11. The number of likely N-dealkylation sites (N-methyl/N-ethyl adjacent to an activating group) is 1. The molecule has 0 saturated carbocycles. The summed E-state index contributed by atoms with van der Waals surface area (Å²) in [7, 11) is 4.17. The number of benzene rings is 1. The topological polar surface area (TPSA) is 32.5 Å². The van der Waals surface area contributed by atoms with Crippen LogP contribution in [0.4, 0.5) is 0 Å². The summed E-state index contributed by atoms with van der Waals surface area (Å²) in [6.45, 7) is 5.63. The van der Waals surface area contributed by atoms with E-state index in [9.17, 15) is 0 Å². The van der Waals surface area contributed by atoms with Crippen molar-refractivity contribution in [2.75, 3.05) is 40.3 Å². The summed E-state index contributed by atoms with van der Waals surface area (Å²) < 4.78 is 0. The normalized spacial score (nSPS) is 13.2. The zero-order chi connectivity index (χ0) is 15.1. The molecule has 5 heteroatoms. The summed E-state index contributed by atoms with van der Waals surface area (Å²) in [6, 6.07) is 5.69. The molecular weight excluding hydrogens is 293 g/mol. The molecule has 1 rings (SSSR count). The second-order valence-corrected chi connectivity index (χ2v) is 5.99. The van der Waals surface area contributed by atoms with Gasteiger partial charge in [-0.25, -0.2) is 0 Å². The maximum atomic E-state index is 6.31. The molecule has 0 saturated heterocycles. The van der Waals surface area contributed by atoms with Crippen LogP contribution in [0.5, 0.6) is 0 Å². The van der Waals surface area contributed by atoms with Gasteiger partial charge in [-0.15, -0.1) is 0 Å². The molecule has 1 aromatic rings. The van der Waals surface area contributed by atoms with Crippen LogP contribution < -0.4 is 5.73 Å². The van der Waals surface area contributed by atoms with Gasteiger partial charge in [-0.05, 0) is 45.7 Å². The smallest absolute Gasteiger partial charge is 0.0499 e. The molecule has 0 radical (unpaired) electrons. The third kappa shape index (κ3) is 4.90. The minimum atomic E-state index is 0.0726. The summed E-state index contributed by atoms with van der Waals surface area (Å²) in [5.41, 5.74) is 6.93. The van der Waals surface area contributed by atoms with Crippen molar-refractivity contribution in [1.29, 1.82) is 0 Å². The van der Waals surface area contributed by atoms with Crippen molar-refractivity contribution in [3.05, 3.63) is 33.8 Å². The first-order valence-corrected chi connectivity index (χ1v) is 7.79. The first kappa shape index (κ1) is 17.7. The lowest BCUT2D eigenvalue weighted by Gasteiger charge is -2.31. The highest BCUT2D eigenvalue weighted by atomic mass is 35.5. The largest absolute Gasteiger partial charge is 0.329 e. The number of nitrogens with two attached hydrogens (primary N) is 1. The molecule has 0 aliphatic carbocycles. The van der Waals surface area contributed by atoms with Crippen LogP contribution in [0.1, 0.15) is 24.9 Å². The van der Waals surface area contributed by atoms with Gasteiger partial charge in [0.2, 0.25) is 0 Å². The Balaban J connectivity index is 2.86. The van der Waals surface area contributed by atoms with Crippen LogP contribution in [-0.4, -0.2) is 50.1 Å². The van der Waals surface area contributed by atoms with Crippen molar-refractivity contribution in [1.82, 2.24) is 9.80 Å². The number of nitrogens with zero attached hydrogens (tertiary/aromatic N) is 2. The third-order valence-electron chi connectivity index (χ3n) is 3.45. The van der Waals surface area contributed by atoms with Crippen molar-refractivity contribution in [3.8, 4) is 0 Å². The average molecular weight is 318 g/mol. The summed E-state index contributed by atoms with van der Waals surface area (Å²) in [6.07, 6.45) is 1.10. The molecule has 0 spiro atoms. The highest BCUT2D eigenvalue weighted by molar-refractivity contribution is 6.36. The fourth-order valence-corrected chi connectivity index (χ4v) is 3.05. The molecule has 1 unspecified atom stereocenters. The van der Waals surface area contributed by atoms with Crippen LogP contribution in [0, 0.1) is 0 Å². The Kier molecular flexibility index (Phi) is 7.85. The number of rotatable bonds is 8. The standard InChI is InChI=1S/C15H25Cl2N3/c1-4-20(10-6-9-19(2)3)14(11-18)15-12(16)7-5-8-13(15)17/h5,7-8,14H,4,6,9-11,18H2,1-3H3. The van der Waals surface area contributed by atoms with Gasteiger partial charge in [0, 0.05) is 34.7 Å². The first-order valence-electron chi connectivity index (χ1n) is 7.04. The van der Waals surface area contributed by atoms with Gasteiger partial charge in [0.25, 0.3) is 0 Å². The molecule has 0 aromatic heterocycles. The highest BCUT2D eigenvalue weighted by Gasteiger charge is 2.22. The van der Waals surface area contributed by atoms with Gasteiger partial charge in [0.05, 0.1) is 0 Å². The number of hydrogen-bond donors (Lipinski definition) is 1. The van der Waals surface area contributed by atoms with E-state index < -0.39 is 0 Å². The maximum absolute atomic E-state index is 6.31. The Labute approximate surface area is 132 Å². The average Bonchev–Trinajstić information content (AvgIpc) is 2.40. The van der Waals surface area contributed by atoms with E-state index >= 15 is 0 Å². The predicted molar refractivity (Wildman–Crippen MR) is 88.7 cm³/mol. The predicted octanol–water partition coefficient (Wildman–Crippen LogP) is 3.27. The Hall–Kier alpha value is -0.320. The molecule has 0 heterocycles. The summed E-state index contributed by atoms with van der Waals surface area (Å²) in [5, 5.41) is 1.39. The molecule has 20 heavy (non-hydrogen) atoms. The Morgan fingerprint density at radius 1 is 1.15 bits per heavy atom. The van der Waals surface area contributed by atoms with Gasteiger partial charge in [-0.3, -0.25) is 4.90 Å². The number of hydrogen-bond acceptors (Lipinski definition) is 3. The Bertz CT molecular complexity index is 390. The van der Waals surface area contributed by atoms with E-state index in [4.69, 9.17) is 28.9 Å². The van der Waals surface area contributed by atoms with Crippen molar-refractivity contribution in [3.63, 3.8) is 0 Å². The molecule has 1 aromatic carbocycles. The Morgan fingerprint density at radius 2 is 1.75 bits per heavy atom. The molecule has 0 aliphatic heterocycles. The summed E-state index contributed by atoms with van der Waals surface area (Å²) >= 11 is 12.6. The molecule has 2 N–H and O–H groups in total. The second kappa shape index (κ2) is 8.85. The lowest BCUT2D eigenvalue weighted by molar-refractivity contribution is 0.201. The van der Waals surface area contributed by atoms with Gasteiger partial charge in [-0.1, -0.05) is 36.2 Å². The van der Waals surface area contributed by atoms with Crippen LogP contribution in [0.3, 0.4) is 0 Å². The number of halogens is 2. The van der Waals surface area contributed by atoms with Crippen LogP contribution >= 0.6 is 23.2 Å². The summed E-state index contributed by atoms with van der Waals surface area (Å²) in [4.78, 5) is 4.53. The van der Waals surface area contributed by atoms with E-state index in [-0.39, 0.29) is 6.04 Å². The lowest BCUT2D eigenvalue weighted by atomic mass is 10.0. The molecule has 114 valence electrons. The SMILES string of the molecule is CCN(CCCN(C)C)C(CN)c1c(Cl)cccc1Cl. The van der Waals surface area contributed by atoms with E-state index in [1.165, 1.54) is 0 Å². The van der Waals surface area contributed by atoms with E-state index in [2.05, 4.69) is 30.8 Å².